The quantitative estimate of drug-likeness (QED) is 0.208. The molecular formula is C35H54ClN7O6. The molecule has 1 fully saturated rings. The molecule has 1 aromatic heterocycles. The maximum absolute atomic E-state index is 14.3. The molecular weight excluding hydrogens is 650 g/mol. The minimum atomic E-state index is -0.562. The summed E-state index contributed by atoms with van der Waals surface area (Å²) in [5, 5.41) is 11.1. The minimum absolute atomic E-state index is 0.0274. The summed E-state index contributed by atoms with van der Waals surface area (Å²) < 4.78 is 16.2. The van der Waals surface area contributed by atoms with Crippen LogP contribution in [0.3, 0.4) is 0 Å². The number of aliphatic hydroxyl groups is 1. The molecule has 272 valence electrons. The maximum atomic E-state index is 14.3. The summed E-state index contributed by atoms with van der Waals surface area (Å²) in [6.07, 6.45) is 1.61. The second kappa shape index (κ2) is 19.5. The largest absolute Gasteiger partial charge is 0.387 e. The Morgan fingerprint density at radius 2 is 1.65 bits per heavy atom. The van der Waals surface area contributed by atoms with Crippen molar-refractivity contribution in [3.63, 3.8) is 0 Å². The van der Waals surface area contributed by atoms with Gasteiger partial charge in [0.1, 0.15) is 18.8 Å². The van der Waals surface area contributed by atoms with Crippen molar-refractivity contribution in [3.8, 4) is 0 Å². The fourth-order valence-electron chi connectivity index (χ4n) is 6.33. The number of aliphatic hydroxyl groups excluding tert-OH is 1. The lowest BCUT2D eigenvalue weighted by Gasteiger charge is -2.39. The Balaban J connectivity index is 1.32. The zero-order valence-corrected chi connectivity index (χ0v) is 30.2. The molecule has 1 aliphatic carbocycles. The second-order valence-electron chi connectivity index (χ2n) is 13.0. The number of likely N-dealkylation sites (N-methyl/N-ethyl adjacent to an activating group) is 1. The Morgan fingerprint density at radius 1 is 1.00 bits per heavy atom. The third kappa shape index (κ3) is 11.0. The summed E-state index contributed by atoms with van der Waals surface area (Å²) in [4.78, 5) is 44.0. The number of fused-ring (bicyclic) bond motifs is 1. The highest BCUT2D eigenvalue weighted by molar-refractivity contribution is 6.30. The molecule has 1 aromatic carbocycles. The summed E-state index contributed by atoms with van der Waals surface area (Å²) >= 11 is 6.23. The first kappa shape index (κ1) is 38.9. The molecule has 2 aliphatic rings. The van der Waals surface area contributed by atoms with Gasteiger partial charge in [0.25, 0.3) is 0 Å². The number of halogens is 1. The van der Waals surface area contributed by atoms with Crippen LogP contribution in [0.15, 0.2) is 30.6 Å². The standard InChI is InChI=1S/C35H54ClN7O6/c1-25(2)43(11-10-40(4)31(45)23-49-20-19-48-18-17-47-16-9-37)22-29(27-5-7-28(36)8-6-27)35(46)42-14-12-41(13-15-42)34-32-26(3)21-30(44)33(32)38-24-39-34/h5-8,24-26,29-30,44H,9-23,37H2,1-4H3/t26-,29-,30-/m1/s1. The number of nitrogens with two attached hydrogens (primary N) is 1. The summed E-state index contributed by atoms with van der Waals surface area (Å²) in [7, 11) is 1.77. The van der Waals surface area contributed by atoms with Crippen molar-refractivity contribution in [3.05, 3.63) is 52.4 Å². The smallest absolute Gasteiger partial charge is 0.248 e. The number of amides is 2. The highest BCUT2D eigenvalue weighted by atomic mass is 35.5. The first-order valence-electron chi connectivity index (χ1n) is 17.3. The van der Waals surface area contributed by atoms with Crippen LogP contribution in [-0.4, -0.2) is 147 Å². The van der Waals surface area contributed by atoms with E-state index >= 15 is 0 Å². The predicted molar refractivity (Wildman–Crippen MR) is 189 cm³/mol. The molecule has 0 unspecified atom stereocenters. The van der Waals surface area contributed by atoms with Crippen LogP contribution in [0.5, 0.6) is 0 Å². The third-order valence-electron chi connectivity index (χ3n) is 9.27. The Kier molecular flexibility index (Phi) is 15.5. The molecule has 3 atom stereocenters. The average Bonchev–Trinajstić information content (AvgIpc) is 3.40. The van der Waals surface area contributed by atoms with E-state index in [-0.39, 0.29) is 30.4 Å². The number of aromatic nitrogens is 2. The molecule has 3 N–H and O–H groups in total. The van der Waals surface area contributed by atoms with Crippen molar-refractivity contribution < 1.29 is 28.9 Å². The van der Waals surface area contributed by atoms with Gasteiger partial charge in [-0.2, -0.15) is 0 Å². The normalized spacial score (nSPS) is 18.3. The van der Waals surface area contributed by atoms with E-state index in [4.69, 9.17) is 31.5 Å². The number of benzene rings is 1. The van der Waals surface area contributed by atoms with E-state index in [2.05, 4.69) is 40.5 Å². The molecule has 14 heteroatoms. The number of carbonyl (C=O) groups is 2. The van der Waals surface area contributed by atoms with Gasteiger partial charge in [-0.1, -0.05) is 30.7 Å². The van der Waals surface area contributed by atoms with Crippen LogP contribution in [0.25, 0.3) is 0 Å². The van der Waals surface area contributed by atoms with Gasteiger partial charge in [-0.25, -0.2) is 9.97 Å². The lowest BCUT2D eigenvalue weighted by molar-refractivity contribution is -0.136. The molecule has 1 saturated heterocycles. The molecule has 1 aliphatic heterocycles. The highest BCUT2D eigenvalue weighted by Gasteiger charge is 2.35. The van der Waals surface area contributed by atoms with Crippen molar-refractivity contribution in [1.29, 1.82) is 0 Å². The average molecular weight is 704 g/mol. The Bertz CT molecular complexity index is 1330. The molecule has 4 rings (SSSR count). The first-order chi connectivity index (χ1) is 23.6. The molecule has 2 heterocycles. The van der Waals surface area contributed by atoms with Gasteiger partial charge in [-0.3, -0.25) is 14.5 Å². The van der Waals surface area contributed by atoms with Crippen LogP contribution in [-0.2, 0) is 23.8 Å². The lowest BCUT2D eigenvalue weighted by Crippen LogP contribution is -2.52. The number of nitrogens with zero attached hydrogens (tertiary/aromatic N) is 6. The van der Waals surface area contributed by atoms with E-state index in [0.29, 0.717) is 96.8 Å². The zero-order chi connectivity index (χ0) is 35.3. The summed E-state index contributed by atoms with van der Waals surface area (Å²) in [5.41, 5.74) is 8.03. The fraction of sp³-hybridized carbons (Fsp3) is 0.657. The van der Waals surface area contributed by atoms with Gasteiger partial charge in [-0.15, -0.1) is 0 Å². The summed E-state index contributed by atoms with van der Waals surface area (Å²) in [6.45, 7) is 12.9. The topological polar surface area (TPSA) is 147 Å². The predicted octanol–water partition coefficient (Wildman–Crippen LogP) is 2.28. The number of anilines is 1. The van der Waals surface area contributed by atoms with Crippen LogP contribution < -0.4 is 10.6 Å². The number of piperazine rings is 1. The van der Waals surface area contributed by atoms with Gasteiger partial charge in [0.2, 0.25) is 11.8 Å². The van der Waals surface area contributed by atoms with Gasteiger partial charge in [0, 0.05) is 76.0 Å². The van der Waals surface area contributed by atoms with Gasteiger partial charge >= 0.3 is 0 Å². The van der Waals surface area contributed by atoms with Crippen molar-refractivity contribution >= 4 is 29.2 Å². The second-order valence-corrected chi connectivity index (χ2v) is 13.5. The molecule has 2 aromatic rings. The van der Waals surface area contributed by atoms with Gasteiger partial charge in [0.05, 0.1) is 50.8 Å². The van der Waals surface area contributed by atoms with Gasteiger partial charge in [-0.05, 0) is 43.9 Å². The SMILES string of the molecule is CC(C)N(CCN(C)C(=O)COCCOCCOCCN)C[C@@H](C(=O)N1CCN(c2ncnc3c2[C@H](C)C[C@H]3O)CC1)c1ccc(Cl)cc1. The van der Waals surface area contributed by atoms with Crippen molar-refractivity contribution in [2.45, 2.75) is 51.2 Å². The van der Waals surface area contributed by atoms with Crippen LogP contribution in [0.1, 0.15) is 62.0 Å². The van der Waals surface area contributed by atoms with Crippen LogP contribution in [0.2, 0.25) is 5.02 Å². The third-order valence-corrected chi connectivity index (χ3v) is 9.52. The molecule has 0 saturated carbocycles. The zero-order valence-electron chi connectivity index (χ0n) is 29.4. The van der Waals surface area contributed by atoms with E-state index in [1.54, 1.807) is 11.9 Å². The fourth-order valence-corrected chi connectivity index (χ4v) is 6.45. The Morgan fingerprint density at radius 3 is 2.31 bits per heavy atom. The maximum Gasteiger partial charge on any atom is 0.248 e. The van der Waals surface area contributed by atoms with Crippen LogP contribution in [0.4, 0.5) is 5.82 Å². The van der Waals surface area contributed by atoms with Gasteiger partial charge < -0.3 is 39.8 Å². The van der Waals surface area contributed by atoms with E-state index < -0.39 is 12.0 Å². The van der Waals surface area contributed by atoms with Crippen molar-refractivity contribution in [2.24, 2.45) is 5.73 Å². The molecule has 49 heavy (non-hydrogen) atoms. The molecule has 13 nitrogen and oxygen atoms in total. The first-order valence-corrected chi connectivity index (χ1v) is 17.7. The molecule has 2 amide bonds. The monoisotopic (exact) mass is 703 g/mol. The Labute approximate surface area is 295 Å². The van der Waals surface area contributed by atoms with E-state index in [1.165, 1.54) is 6.33 Å². The van der Waals surface area contributed by atoms with Crippen LogP contribution >= 0.6 is 11.6 Å². The van der Waals surface area contributed by atoms with Crippen LogP contribution in [0, 0.1) is 0 Å². The summed E-state index contributed by atoms with van der Waals surface area (Å²) in [5.74, 6) is 0.584. The molecule has 0 radical (unpaired) electrons. The Hall–Kier alpha value is -2.91. The van der Waals surface area contributed by atoms with E-state index in [0.717, 1.165) is 22.6 Å². The number of carbonyl (C=O) groups excluding carboxylic acids is 2. The van der Waals surface area contributed by atoms with E-state index in [9.17, 15) is 14.7 Å². The number of hydrogen-bond acceptors (Lipinski definition) is 11. The minimum Gasteiger partial charge on any atom is -0.387 e. The number of rotatable bonds is 19. The number of ether oxygens (including phenoxy) is 3. The summed E-state index contributed by atoms with van der Waals surface area (Å²) in [6, 6.07) is 7.66. The molecule has 0 spiro atoms. The van der Waals surface area contributed by atoms with E-state index in [1.807, 2.05) is 29.2 Å². The number of hydrogen-bond donors (Lipinski definition) is 2. The molecule has 0 bridgehead atoms. The van der Waals surface area contributed by atoms with Gasteiger partial charge in [0.15, 0.2) is 0 Å². The lowest BCUT2D eigenvalue weighted by atomic mass is 9.95. The van der Waals surface area contributed by atoms with Crippen molar-refractivity contribution in [2.75, 3.05) is 104 Å². The van der Waals surface area contributed by atoms with Crippen molar-refractivity contribution in [1.82, 2.24) is 24.7 Å². The highest BCUT2D eigenvalue weighted by Crippen LogP contribution is 2.42.